The maximum atomic E-state index is 11.5. The molecule has 1 heterocycles. The van der Waals surface area contributed by atoms with Crippen molar-refractivity contribution in [1.29, 1.82) is 0 Å². The summed E-state index contributed by atoms with van der Waals surface area (Å²) in [5, 5.41) is 0. The van der Waals surface area contributed by atoms with E-state index < -0.39 is 5.91 Å². The smallest absolute Gasteiger partial charge is 0.302 e. The maximum absolute atomic E-state index is 11.5. The number of carbonyl (C=O) groups is 2. The molecule has 1 aliphatic rings. The number of nitrogens with zero attached hydrogens (tertiary/aromatic N) is 1. The molecule has 37 heavy (non-hydrogen) atoms. The first kappa shape index (κ1) is 26.3. The van der Waals surface area contributed by atoms with Gasteiger partial charge in [0.05, 0.1) is 0 Å². The van der Waals surface area contributed by atoms with E-state index in [2.05, 4.69) is 49.9 Å². The Bertz CT molecular complexity index is 1270. The van der Waals surface area contributed by atoms with Crippen LogP contribution in [0, 0.1) is 0 Å². The average Bonchev–Trinajstić information content (AvgIpc) is 3.41. The number of esters is 1. The number of rotatable bonds is 8. The lowest BCUT2D eigenvalue weighted by Crippen LogP contribution is -2.23. The summed E-state index contributed by atoms with van der Waals surface area (Å²) in [6, 6.07) is 20.0. The Labute approximate surface area is 219 Å². The first-order valence-electron chi connectivity index (χ1n) is 12.8. The van der Waals surface area contributed by atoms with Crippen LogP contribution in [-0.4, -0.2) is 38.2 Å². The molecule has 0 unspecified atom stereocenters. The Balaban J connectivity index is 1.76. The molecule has 6 heteroatoms. The summed E-state index contributed by atoms with van der Waals surface area (Å²) < 4.78 is 11.2. The zero-order chi connectivity index (χ0) is 26.6. The van der Waals surface area contributed by atoms with E-state index in [0.29, 0.717) is 5.56 Å². The van der Waals surface area contributed by atoms with E-state index in [4.69, 9.17) is 15.2 Å². The second-order valence-corrected chi connectivity index (χ2v) is 10.5. The predicted octanol–water partition coefficient (Wildman–Crippen LogP) is 5.96. The van der Waals surface area contributed by atoms with Crippen LogP contribution in [-0.2, 0) is 14.9 Å². The fourth-order valence-electron chi connectivity index (χ4n) is 4.76. The van der Waals surface area contributed by atoms with Crippen molar-refractivity contribution < 1.29 is 19.1 Å². The number of ether oxygens (including phenoxy) is 2. The Hall–Kier alpha value is -3.80. The van der Waals surface area contributed by atoms with Crippen LogP contribution >= 0.6 is 0 Å². The van der Waals surface area contributed by atoms with Crippen LogP contribution in [0.25, 0.3) is 22.3 Å². The number of amides is 1. The second-order valence-electron chi connectivity index (χ2n) is 10.5. The lowest BCUT2D eigenvalue weighted by molar-refractivity contribution is -0.141. The van der Waals surface area contributed by atoms with Gasteiger partial charge >= 0.3 is 5.97 Å². The molecule has 0 spiro atoms. The normalized spacial score (nSPS) is 13.5. The van der Waals surface area contributed by atoms with Crippen molar-refractivity contribution >= 4 is 17.6 Å². The van der Waals surface area contributed by atoms with Crippen molar-refractivity contribution in [2.45, 2.75) is 46.0 Å². The number of nitrogens with two attached hydrogens (primary N) is 1. The highest BCUT2D eigenvalue weighted by Crippen LogP contribution is 2.40. The van der Waals surface area contributed by atoms with E-state index in [-0.39, 0.29) is 24.6 Å². The number of anilines is 1. The summed E-state index contributed by atoms with van der Waals surface area (Å²) in [5.74, 6) is -0.0547. The summed E-state index contributed by atoms with van der Waals surface area (Å²) in [6.07, 6.45) is 2.45. The fourth-order valence-corrected chi connectivity index (χ4v) is 4.76. The number of primary amides is 1. The molecule has 0 saturated carbocycles. The molecule has 6 nitrogen and oxygen atoms in total. The third-order valence-corrected chi connectivity index (χ3v) is 6.69. The van der Waals surface area contributed by atoms with Crippen molar-refractivity contribution in [1.82, 2.24) is 0 Å². The lowest BCUT2D eigenvalue weighted by atomic mass is 9.83. The first-order chi connectivity index (χ1) is 17.6. The van der Waals surface area contributed by atoms with Crippen molar-refractivity contribution in [3.05, 3.63) is 71.8 Å². The Kier molecular flexibility index (Phi) is 7.86. The molecule has 0 aromatic heterocycles. The zero-order valence-corrected chi connectivity index (χ0v) is 22.2. The van der Waals surface area contributed by atoms with Crippen LogP contribution in [0.2, 0.25) is 0 Å². The highest BCUT2D eigenvalue weighted by atomic mass is 16.6. The van der Waals surface area contributed by atoms with Gasteiger partial charge in [-0.1, -0.05) is 45.0 Å². The van der Waals surface area contributed by atoms with Crippen molar-refractivity contribution in [2.24, 2.45) is 5.73 Å². The first-order valence-corrected chi connectivity index (χ1v) is 12.8. The molecule has 4 rings (SSSR count). The molecule has 1 fully saturated rings. The van der Waals surface area contributed by atoms with E-state index in [0.717, 1.165) is 41.1 Å². The Morgan fingerprint density at radius 3 is 2.14 bits per heavy atom. The molecule has 1 saturated heterocycles. The SMILES string of the molecule is CC(=O)OCCOc1ccc(-c2ccc(C(N)=O)cc2)cc1-c1ccc(N2CCCC2)c(C(C)(C)C)c1. The fraction of sp³-hybridized carbons (Fsp3) is 0.355. The maximum Gasteiger partial charge on any atom is 0.302 e. The van der Waals surface area contributed by atoms with Gasteiger partial charge in [-0.15, -0.1) is 0 Å². The van der Waals surface area contributed by atoms with Crippen LogP contribution in [0.5, 0.6) is 5.75 Å². The van der Waals surface area contributed by atoms with Gasteiger partial charge in [0, 0.05) is 36.8 Å². The standard InChI is InChI=1S/C31H36N2O4/c1-21(34)36-17-18-37-29-14-12-24(22-7-9-23(10-8-22)30(32)35)19-26(29)25-11-13-28(33-15-5-6-16-33)27(20-25)31(2,3)4/h7-14,19-20H,5-6,15-18H2,1-4H3,(H2,32,35). The quantitative estimate of drug-likeness (QED) is 0.305. The molecular formula is C31H36N2O4. The summed E-state index contributed by atoms with van der Waals surface area (Å²) in [5.41, 5.74) is 12.4. The van der Waals surface area contributed by atoms with E-state index in [1.807, 2.05) is 24.3 Å². The van der Waals surface area contributed by atoms with Gasteiger partial charge in [0.1, 0.15) is 19.0 Å². The monoisotopic (exact) mass is 500 g/mol. The van der Waals surface area contributed by atoms with Crippen LogP contribution in [0.15, 0.2) is 60.7 Å². The molecule has 2 N–H and O–H groups in total. The topological polar surface area (TPSA) is 81.9 Å². The van der Waals surface area contributed by atoms with E-state index in [9.17, 15) is 9.59 Å². The van der Waals surface area contributed by atoms with Gasteiger partial charge in [-0.25, -0.2) is 0 Å². The third-order valence-electron chi connectivity index (χ3n) is 6.69. The molecule has 0 radical (unpaired) electrons. The molecular weight excluding hydrogens is 464 g/mol. The molecule has 0 atom stereocenters. The molecule has 1 amide bonds. The highest BCUT2D eigenvalue weighted by Gasteiger charge is 2.24. The average molecular weight is 501 g/mol. The van der Waals surface area contributed by atoms with Gasteiger partial charge in [0.2, 0.25) is 5.91 Å². The summed E-state index contributed by atoms with van der Waals surface area (Å²) in [4.78, 5) is 25.2. The van der Waals surface area contributed by atoms with Crippen molar-refractivity contribution in [3.63, 3.8) is 0 Å². The lowest BCUT2D eigenvalue weighted by Gasteiger charge is -2.29. The Morgan fingerprint density at radius 1 is 0.865 bits per heavy atom. The number of carbonyl (C=O) groups excluding carboxylic acids is 2. The number of benzene rings is 3. The highest BCUT2D eigenvalue weighted by molar-refractivity contribution is 5.93. The summed E-state index contributed by atoms with van der Waals surface area (Å²) in [7, 11) is 0. The van der Waals surface area contributed by atoms with Gasteiger partial charge in [-0.2, -0.15) is 0 Å². The van der Waals surface area contributed by atoms with Crippen molar-refractivity contribution in [2.75, 3.05) is 31.2 Å². The summed E-state index contributed by atoms with van der Waals surface area (Å²) in [6.45, 7) is 10.8. The minimum atomic E-state index is -0.448. The van der Waals surface area contributed by atoms with Gasteiger partial charge in [-0.3, -0.25) is 9.59 Å². The van der Waals surface area contributed by atoms with Crippen LogP contribution in [0.3, 0.4) is 0 Å². The molecule has 0 aliphatic carbocycles. The van der Waals surface area contributed by atoms with Gasteiger partial charge in [-0.05, 0) is 76.9 Å². The second kappa shape index (κ2) is 11.1. The van der Waals surface area contributed by atoms with Gasteiger partial charge < -0.3 is 20.1 Å². The minimum absolute atomic E-state index is 0.0352. The minimum Gasteiger partial charge on any atom is -0.489 e. The molecule has 0 bridgehead atoms. The summed E-state index contributed by atoms with van der Waals surface area (Å²) >= 11 is 0. The largest absolute Gasteiger partial charge is 0.489 e. The van der Waals surface area contributed by atoms with Gasteiger partial charge in [0.25, 0.3) is 0 Å². The molecule has 1 aliphatic heterocycles. The van der Waals surface area contributed by atoms with E-state index >= 15 is 0 Å². The Morgan fingerprint density at radius 2 is 1.51 bits per heavy atom. The molecule has 3 aromatic carbocycles. The number of hydrogen-bond acceptors (Lipinski definition) is 5. The van der Waals surface area contributed by atoms with Crippen LogP contribution < -0.4 is 15.4 Å². The van der Waals surface area contributed by atoms with E-state index in [1.165, 1.54) is 31.0 Å². The molecule has 3 aromatic rings. The van der Waals surface area contributed by atoms with Crippen LogP contribution in [0.4, 0.5) is 5.69 Å². The van der Waals surface area contributed by atoms with Crippen LogP contribution in [0.1, 0.15) is 56.5 Å². The van der Waals surface area contributed by atoms with Crippen molar-refractivity contribution in [3.8, 4) is 28.0 Å². The third kappa shape index (κ3) is 6.31. The zero-order valence-electron chi connectivity index (χ0n) is 22.2. The predicted molar refractivity (Wildman–Crippen MR) is 148 cm³/mol. The van der Waals surface area contributed by atoms with Gasteiger partial charge in [0.15, 0.2) is 0 Å². The van der Waals surface area contributed by atoms with E-state index in [1.54, 1.807) is 12.1 Å². The molecule has 194 valence electrons. The number of hydrogen-bond donors (Lipinski definition) is 1.